The monoisotopic (exact) mass is 396 g/mol. The van der Waals surface area contributed by atoms with Gasteiger partial charge in [0.1, 0.15) is 5.75 Å². The summed E-state index contributed by atoms with van der Waals surface area (Å²) in [6.07, 6.45) is 1.81. The van der Waals surface area contributed by atoms with Crippen molar-refractivity contribution in [2.75, 3.05) is 43.5 Å². The van der Waals surface area contributed by atoms with Gasteiger partial charge in [0.25, 0.3) is 0 Å². The van der Waals surface area contributed by atoms with Crippen LogP contribution in [0.1, 0.15) is 0 Å². The van der Waals surface area contributed by atoms with Crippen molar-refractivity contribution in [3.05, 3.63) is 59.8 Å². The van der Waals surface area contributed by atoms with Gasteiger partial charge in [0, 0.05) is 42.8 Å². The van der Waals surface area contributed by atoms with Crippen LogP contribution in [0.25, 0.3) is 10.9 Å². The van der Waals surface area contributed by atoms with E-state index in [1.807, 2.05) is 18.3 Å². The SMILES string of the molecule is COc1ccc(Cl)cc1NC(=O)N1CCN(c2cccc3cccnc23)CC1. The lowest BCUT2D eigenvalue weighted by atomic mass is 10.1. The van der Waals surface area contributed by atoms with E-state index in [-0.39, 0.29) is 6.03 Å². The Kier molecular flexibility index (Phi) is 5.21. The lowest BCUT2D eigenvalue weighted by Gasteiger charge is -2.36. The highest BCUT2D eigenvalue weighted by Gasteiger charge is 2.23. The molecule has 0 radical (unpaired) electrons. The third-order valence-electron chi connectivity index (χ3n) is 4.92. The normalized spacial score (nSPS) is 14.2. The van der Waals surface area contributed by atoms with Gasteiger partial charge in [0.05, 0.1) is 24.0 Å². The number of aromatic nitrogens is 1. The molecule has 144 valence electrons. The molecule has 1 aliphatic rings. The van der Waals surface area contributed by atoms with Gasteiger partial charge in [-0.05, 0) is 30.3 Å². The second kappa shape index (κ2) is 7.94. The molecule has 4 rings (SSSR count). The third kappa shape index (κ3) is 3.68. The number of carbonyl (C=O) groups is 1. The molecular weight excluding hydrogens is 376 g/mol. The number of rotatable bonds is 3. The maximum absolute atomic E-state index is 12.7. The van der Waals surface area contributed by atoms with E-state index >= 15 is 0 Å². The smallest absolute Gasteiger partial charge is 0.322 e. The zero-order valence-electron chi connectivity index (χ0n) is 15.6. The summed E-state index contributed by atoms with van der Waals surface area (Å²) >= 11 is 6.04. The van der Waals surface area contributed by atoms with E-state index in [1.54, 1.807) is 30.2 Å². The lowest BCUT2D eigenvalue weighted by Crippen LogP contribution is -2.50. The minimum absolute atomic E-state index is 0.156. The van der Waals surface area contributed by atoms with Crippen LogP contribution in [0.15, 0.2) is 54.7 Å². The Morgan fingerprint density at radius 1 is 1.11 bits per heavy atom. The van der Waals surface area contributed by atoms with Gasteiger partial charge in [0.15, 0.2) is 0 Å². The van der Waals surface area contributed by atoms with Crippen molar-refractivity contribution in [2.45, 2.75) is 0 Å². The summed E-state index contributed by atoms with van der Waals surface area (Å²) in [7, 11) is 1.57. The molecule has 0 atom stereocenters. The molecule has 7 heteroatoms. The number of nitrogens with one attached hydrogen (secondary N) is 1. The summed E-state index contributed by atoms with van der Waals surface area (Å²) < 4.78 is 5.30. The average Bonchev–Trinajstić information content (AvgIpc) is 2.73. The fourth-order valence-corrected chi connectivity index (χ4v) is 3.64. The molecule has 3 aromatic rings. The Hall–Kier alpha value is -2.99. The number of halogens is 1. The molecule has 0 bridgehead atoms. The molecule has 2 amide bonds. The molecule has 1 aromatic heterocycles. The van der Waals surface area contributed by atoms with Gasteiger partial charge in [-0.1, -0.05) is 29.8 Å². The molecule has 0 aliphatic carbocycles. The van der Waals surface area contributed by atoms with E-state index in [0.717, 1.165) is 29.7 Å². The first-order valence-corrected chi connectivity index (χ1v) is 9.51. The summed E-state index contributed by atoms with van der Waals surface area (Å²) in [4.78, 5) is 21.3. The molecular formula is C21H21ClN4O2. The number of pyridine rings is 1. The zero-order valence-corrected chi connectivity index (χ0v) is 16.3. The topological polar surface area (TPSA) is 57.7 Å². The molecule has 0 saturated carbocycles. The van der Waals surface area contributed by atoms with E-state index < -0.39 is 0 Å². The number of urea groups is 1. The summed E-state index contributed by atoms with van der Waals surface area (Å²) in [6, 6.07) is 15.2. The molecule has 2 aromatic carbocycles. The van der Waals surface area contributed by atoms with Gasteiger partial charge in [0.2, 0.25) is 0 Å². The molecule has 1 fully saturated rings. The first kappa shape index (κ1) is 18.4. The van der Waals surface area contributed by atoms with Crippen LogP contribution < -0.4 is 15.0 Å². The maximum atomic E-state index is 12.7. The second-order valence-corrected chi connectivity index (χ2v) is 7.04. The van der Waals surface area contributed by atoms with Gasteiger partial charge >= 0.3 is 6.03 Å². The highest BCUT2D eigenvalue weighted by atomic mass is 35.5. The molecule has 1 N–H and O–H groups in total. The molecule has 0 spiro atoms. The molecule has 1 saturated heterocycles. The molecule has 0 unspecified atom stereocenters. The molecule has 2 heterocycles. The van der Waals surface area contributed by atoms with Crippen LogP contribution in [0.4, 0.5) is 16.2 Å². The summed E-state index contributed by atoms with van der Waals surface area (Å²) in [5, 5.41) is 4.57. The van der Waals surface area contributed by atoms with Gasteiger partial charge in [-0.15, -0.1) is 0 Å². The van der Waals surface area contributed by atoms with Crippen molar-refractivity contribution in [1.82, 2.24) is 9.88 Å². The number of anilines is 2. The highest BCUT2D eigenvalue weighted by molar-refractivity contribution is 6.31. The largest absolute Gasteiger partial charge is 0.495 e. The van der Waals surface area contributed by atoms with Gasteiger partial charge in [-0.2, -0.15) is 0 Å². The van der Waals surface area contributed by atoms with E-state index in [9.17, 15) is 4.79 Å². The molecule has 6 nitrogen and oxygen atoms in total. The predicted molar refractivity (Wildman–Crippen MR) is 113 cm³/mol. The highest BCUT2D eigenvalue weighted by Crippen LogP contribution is 2.29. The quantitative estimate of drug-likeness (QED) is 0.719. The van der Waals surface area contributed by atoms with E-state index in [2.05, 4.69) is 33.4 Å². The van der Waals surface area contributed by atoms with Gasteiger partial charge in [-0.25, -0.2) is 4.79 Å². The number of amides is 2. The summed E-state index contributed by atoms with van der Waals surface area (Å²) in [5.41, 5.74) is 2.67. The Morgan fingerprint density at radius 3 is 2.68 bits per heavy atom. The van der Waals surface area contributed by atoms with E-state index in [1.165, 1.54) is 0 Å². The number of nitrogens with zero attached hydrogens (tertiary/aromatic N) is 3. The number of para-hydroxylation sites is 1. The number of benzene rings is 2. The van der Waals surface area contributed by atoms with Gasteiger partial charge < -0.3 is 19.9 Å². The zero-order chi connectivity index (χ0) is 19.5. The average molecular weight is 397 g/mol. The van der Waals surface area contributed by atoms with Crippen molar-refractivity contribution >= 4 is 39.9 Å². The van der Waals surface area contributed by atoms with Crippen LogP contribution in [-0.2, 0) is 0 Å². The van der Waals surface area contributed by atoms with Crippen molar-refractivity contribution in [3.8, 4) is 5.75 Å². The number of hydrogen-bond donors (Lipinski definition) is 1. The van der Waals surface area contributed by atoms with Crippen LogP contribution in [-0.4, -0.2) is 49.2 Å². The van der Waals surface area contributed by atoms with Crippen LogP contribution in [0.5, 0.6) is 5.75 Å². The van der Waals surface area contributed by atoms with Crippen LogP contribution in [0.3, 0.4) is 0 Å². The maximum Gasteiger partial charge on any atom is 0.322 e. The van der Waals surface area contributed by atoms with E-state index in [0.29, 0.717) is 29.5 Å². The Balaban J connectivity index is 1.44. The second-order valence-electron chi connectivity index (χ2n) is 6.60. The fraction of sp³-hybridized carbons (Fsp3) is 0.238. The minimum atomic E-state index is -0.156. The lowest BCUT2D eigenvalue weighted by molar-refractivity contribution is 0.208. The Morgan fingerprint density at radius 2 is 1.89 bits per heavy atom. The van der Waals surface area contributed by atoms with Crippen molar-refractivity contribution in [3.63, 3.8) is 0 Å². The fourth-order valence-electron chi connectivity index (χ4n) is 3.47. The number of fused-ring (bicyclic) bond motifs is 1. The number of methoxy groups -OCH3 is 1. The Bertz CT molecular complexity index is 997. The number of carbonyl (C=O) groups excluding carboxylic acids is 1. The predicted octanol–water partition coefficient (Wildman–Crippen LogP) is 4.25. The van der Waals surface area contributed by atoms with Crippen LogP contribution in [0, 0.1) is 0 Å². The Labute approximate surface area is 168 Å². The number of piperazine rings is 1. The minimum Gasteiger partial charge on any atom is -0.495 e. The van der Waals surface area contributed by atoms with Crippen molar-refractivity contribution in [1.29, 1.82) is 0 Å². The van der Waals surface area contributed by atoms with Crippen LogP contribution in [0.2, 0.25) is 5.02 Å². The first-order valence-electron chi connectivity index (χ1n) is 9.14. The van der Waals surface area contributed by atoms with E-state index in [4.69, 9.17) is 16.3 Å². The third-order valence-corrected chi connectivity index (χ3v) is 5.16. The van der Waals surface area contributed by atoms with Gasteiger partial charge in [-0.3, -0.25) is 4.98 Å². The van der Waals surface area contributed by atoms with Crippen LogP contribution >= 0.6 is 11.6 Å². The standard InChI is InChI=1S/C21H21ClN4O2/c1-28-19-8-7-16(22)14-17(19)24-21(27)26-12-10-25(11-13-26)18-6-2-4-15-5-3-9-23-20(15)18/h2-9,14H,10-13H2,1H3,(H,24,27). The number of ether oxygens (including phenoxy) is 1. The first-order chi connectivity index (χ1) is 13.7. The number of hydrogen-bond acceptors (Lipinski definition) is 4. The molecule has 28 heavy (non-hydrogen) atoms. The van der Waals surface area contributed by atoms with Crippen molar-refractivity contribution < 1.29 is 9.53 Å². The van der Waals surface area contributed by atoms with Crippen molar-refractivity contribution in [2.24, 2.45) is 0 Å². The summed E-state index contributed by atoms with van der Waals surface area (Å²) in [5.74, 6) is 0.582. The molecule has 1 aliphatic heterocycles. The summed E-state index contributed by atoms with van der Waals surface area (Å²) in [6.45, 7) is 2.74.